The van der Waals surface area contributed by atoms with E-state index in [4.69, 9.17) is 16.3 Å². The third-order valence-corrected chi connectivity index (χ3v) is 5.99. The monoisotopic (exact) mass is 317 g/mol. The highest BCUT2D eigenvalue weighted by Crippen LogP contribution is 2.24. The summed E-state index contributed by atoms with van der Waals surface area (Å²) in [6.45, 7) is 3.07. The lowest BCUT2D eigenvalue weighted by atomic mass is 10.1. The Bertz CT molecular complexity index is 520. The van der Waals surface area contributed by atoms with Crippen molar-refractivity contribution in [2.24, 2.45) is 5.92 Å². The molecule has 1 heterocycles. The maximum absolute atomic E-state index is 12.3. The Labute approximate surface area is 125 Å². The van der Waals surface area contributed by atoms with E-state index in [1.807, 2.05) is 37.3 Å². The minimum absolute atomic E-state index is 0.0420. The molecule has 2 rings (SSSR count). The van der Waals surface area contributed by atoms with Crippen LogP contribution >= 0.6 is 11.6 Å². The highest BCUT2D eigenvalue weighted by atomic mass is 35.5. The Morgan fingerprint density at radius 2 is 2.10 bits per heavy atom. The molecule has 20 heavy (non-hydrogen) atoms. The fourth-order valence-corrected chi connectivity index (χ4v) is 4.26. The van der Waals surface area contributed by atoms with E-state index in [1.165, 1.54) is 4.31 Å². The molecular formula is C14H20ClNO3S. The third-order valence-electron chi connectivity index (χ3n) is 3.35. The highest BCUT2D eigenvalue weighted by molar-refractivity contribution is 7.89. The van der Waals surface area contributed by atoms with E-state index in [-0.39, 0.29) is 17.8 Å². The van der Waals surface area contributed by atoms with E-state index in [9.17, 15) is 8.42 Å². The second-order valence-corrected chi connectivity index (χ2v) is 7.49. The van der Waals surface area contributed by atoms with Gasteiger partial charge in [-0.05, 0) is 11.5 Å². The smallest absolute Gasteiger partial charge is 0.214 e. The minimum atomic E-state index is -3.27. The van der Waals surface area contributed by atoms with E-state index in [0.717, 1.165) is 5.56 Å². The molecule has 0 spiro atoms. The first-order chi connectivity index (χ1) is 9.53. The largest absolute Gasteiger partial charge is 0.371 e. The normalized spacial score (nSPS) is 22.6. The number of nitrogens with zero attached hydrogens (tertiary/aromatic N) is 1. The van der Waals surface area contributed by atoms with Gasteiger partial charge in [0.1, 0.15) is 0 Å². The third kappa shape index (κ3) is 3.95. The summed E-state index contributed by atoms with van der Waals surface area (Å²) in [6.07, 6.45) is -0.189. The van der Waals surface area contributed by atoms with Crippen molar-refractivity contribution in [2.45, 2.75) is 13.0 Å². The van der Waals surface area contributed by atoms with Gasteiger partial charge in [0.2, 0.25) is 10.0 Å². The highest BCUT2D eigenvalue weighted by Gasteiger charge is 2.30. The molecule has 4 nitrogen and oxygen atoms in total. The summed E-state index contributed by atoms with van der Waals surface area (Å²) in [7, 11) is -3.27. The molecule has 1 fully saturated rings. The summed E-state index contributed by atoms with van der Waals surface area (Å²) in [5, 5.41) is 0. The van der Waals surface area contributed by atoms with Crippen LogP contribution in [-0.2, 0) is 14.8 Å². The molecule has 1 saturated heterocycles. The van der Waals surface area contributed by atoms with Crippen LogP contribution in [0.15, 0.2) is 30.3 Å². The number of rotatable bonds is 5. The van der Waals surface area contributed by atoms with Crippen molar-refractivity contribution in [1.29, 1.82) is 0 Å². The Balaban J connectivity index is 2.07. The van der Waals surface area contributed by atoms with E-state index in [0.29, 0.717) is 25.6 Å². The summed E-state index contributed by atoms with van der Waals surface area (Å²) in [5.41, 5.74) is 1.01. The molecule has 0 amide bonds. The lowest BCUT2D eigenvalue weighted by molar-refractivity contribution is -0.00261. The quantitative estimate of drug-likeness (QED) is 0.783. The molecule has 0 aliphatic carbocycles. The minimum Gasteiger partial charge on any atom is -0.371 e. The Kier molecular flexibility index (Phi) is 5.43. The van der Waals surface area contributed by atoms with Gasteiger partial charge in [-0.3, -0.25) is 0 Å². The first-order valence-electron chi connectivity index (χ1n) is 6.73. The van der Waals surface area contributed by atoms with Gasteiger partial charge in [-0.25, -0.2) is 8.42 Å². The van der Waals surface area contributed by atoms with Crippen LogP contribution in [0.25, 0.3) is 0 Å². The summed E-state index contributed by atoms with van der Waals surface area (Å²) in [4.78, 5) is 0. The molecule has 112 valence electrons. The fraction of sp³-hybridized carbons (Fsp3) is 0.571. The van der Waals surface area contributed by atoms with Crippen LogP contribution in [-0.4, -0.2) is 44.1 Å². The standard InChI is InChI=1S/C14H20ClNO3S/c1-12(9-15)11-20(17,18)16-7-8-19-14(10-16)13-5-3-2-4-6-13/h2-6,12,14H,7-11H2,1H3. The molecule has 2 unspecified atom stereocenters. The SMILES string of the molecule is CC(CCl)CS(=O)(=O)N1CCOC(c2ccccc2)C1. The molecular weight excluding hydrogens is 298 g/mol. The predicted molar refractivity (Wildman–Crippen MR) is 80.4 cm³/mol. The number of halogens is 1. The molecule has 0 radical (unpaired) electrons. The molecule has 1 aromatic carbocycles. The van der Waals surface area contributed by atoms with Gasteiger partial charge in [0, 0.05) is 19.0 Å². The van der Waals surface area contributed by atoms with Gasteiger partial charge >= 0.3 is 0 Å². The van der Waals surface area contributed by atoms with Crippen molar-refractivity contribution in [3.8, 4) is 0 Å². The Hall–Kier alpha value is -0.620. The van der Waals surface area contributed by atoms with Crippen LogP contribution in [0.3, 0.4) is 0 Å². The first kappa shape index (κ1) is 15.8. The van der Waals surface area contributed by atoms with Gasteiger partial charge in [0.05, 0.1) is 18.5 Å². The maximum Gasteiger partial charge on any atom is 0.214 e. The number of morpholine rings is 1. The zero-order valence-corrected chi connectivity index (χ0v) is 13.1. The summed E-state index contributed by atoms with van der Waals surface area (Å²) in [5.74, 6) is 0.406. The Morgan fingerprint density at radius 1 is 1.40 bits per heavy atom. The average molecular weight is 318 g/mol. The van der Waals surface area contributed by atoms with Gasteiger partial charge in [0.15, 0.2) is 0 Å². The lowest BCUT2D eigenvalue weighted by Crippen LogP contribution is -2.44. The molecule has 0 saturated carbocycles. The average Bonchev–Trinajstić information content (AvgIpc) is 2.48. The molecule has 6 heteroatoms. The molecule has 0 N–H and O–H groups in total. The number of ether oxygens (including phenoxy) is 1. The maximum atomic E-state index is 12.3. The second-order valence-electron chi connectivity index (χ2n) is 5.17. The Morgan fingerprint density at radius 3 is 2.75 bits per heavy atom. The van der Waals surface area contributed by atoms with Gasteiger partial charge in [-0.2, -0.15) is 4.31 Å². The van der Waals surface area contributed by atoms with Crippen molar-refractivity contribution in [3.05, 3.63) is 35.9 Å². The molecule has 1 aliphatic heterocycles. The van der Waals surface area contributed by atoms with Crippen molar-refractivity contribution in [2.75, 3.05) is 31.3 Å². The van der Waals surface area contributed by atoms with E-state index in [1.54, 1.807) is 0 Å². The number of sulfonamides is 1. The van der Waals surface area contributed by atoms with Crippen LogP contribution in [0.4, 0.5) is 0 Å². The van der Waals surface area contributed by atoms with Crippen LogP contribution in [0, 0.1) is 5.92 Å². The van der Waals surface area contributed by atoms with E-state index >= 15 is 0 Å². The van der Waals surface area contributed by atoms with Gasteiger partial charge < -0.3 is 4.74 Å². The molecule has 1 aliphatic rings. The summed E-state index contributed by atoms with van der Waals surface area (Å²) in [6, 6.07) is 9.72. The van der Waals surface area contributed by atoms with Gasteiger partial charge in [-0.1, -0.05) is 37.3 Å². The first-order valence-corrected chi connectivity index (χ1v) is 8.87. The zero-order chi connectivity index (χ0) is 14.6. The predicted octanol–water partition coefficient (Wildman–Crippen LogP) is 2.26. The van der Waals surface area contributed by atoms with Crippen molar-refractivity contribution >= 4 is 21.6 Å². The van der Waals surface area contributed by atoms with E-state index < -0.39 is 10.0 Å². The lowest BCUT2D eigenvalue weighted by Gasteiger charge is -2.32. The van der Waals surface area contributed by atoms with Crippen LogP contribution < -0.4 is 0 Å². The number of hydrogen-bond donors (Lipinski definition) is 0. The summed E-state index contributed by atoms with van der Waals surface area (Å²) >= 11 is 5.71. The molecule has 0 bridgehead atoms. The van der Waals surface area contributed by atoms with Crippen molar-refractivity contribution in [3.63, 3.8) is 0 Å². The fourth-order valence-electron chi connectivity index (χ4n) is 2.26. The number of hydrogen-bond acceptors (Lipinski definition) is 3. The van der Waals surface area contributed by atoms with Crippen LogP contribution in [0.2, 0.25) is 0 Å². The summed E-state index contributed by atoms with van der Waals surface area (Å²) < 4.78 is 31.9. The van der Waals surface area contributed by atoms with Crippen LogP contribution in [0.5, 0.6) is 0 Å². The van der Waals surface area contributed by atoms with Crippen molar-refractivity contribution < 1.29 is 13.2 Å². The number of alkyl halides is 1. The van der Waals surface area contributed by atoms with E-state index in [2.05, 4.69) is 0 Å². The topological polar surface area (TPSA) is 46.6 Å². The second kappa shape index (κ2) is 6.89. The molecule has 2 atom stereocenters. The van der Waals surface area contributed by atoms with Crippen LogP contribution in [0.1, 0.15) is 18.6 Å². The van der Waals surface area contributed by atoms with Crippen molar-refractivity contribution in [1.82, 2.24) is 4.31 Å². The number of benzene rings is 1. The zero-order valence-electron chi connectivity index (χ0n) is 11.5. The van der Waals surface area contributed by atoms with Gasteiger partial charge in [-0.15, -0.1) is 11.6 Å². The molecule has 0 aromatic heterocycles. The van der Waals surface area contributed by atoms with Gasteiger partial charge in [0.25, 0.3) is 0 Å². The molecule has 1 aromatic rings.